The van der Waals surface area contributed by atoms with E-state index < -0.39 is 29.7 Å². The van der Waals surface area contributed by atoms with Gasteiger partial charge in [-0.05, 0) is 94.7 Å². The van der Waals surface area contributed by atoms with Crippen LogP contribution in [0.3, 0.4) is 0 Å². The number of carbonyl (C=O) groups is 3. The van der Waals surface area contributed by atoms with E-state index >= 15 is 0 Å². The lowest BCUT2D eigenvalue weighted by atomic mass is 9.87. The Balaban J connectivity index is 2.05. The lowest BCUT2D eigenvalue weighted by Crippen LogP contribution is -2.57. The highest BCUT2D eigenvalue weighted by Crippen LogP contribution is 2.36. The molecule has 1 aliphatic rings. The molecule has 0 spiro atoms. The molecule has 1 aliphatic carbocycles. The fourth-order valence-corrected chi connectivity index (χ4v) is 5.23. The van der Waals surface area contributed by atoms with E-state index in [4.69, 9.17) is 22.8 Å². The Hall–Kier alpha value is -3.15. The van der Waals surface area contributed by atoms with Crippen LogP contribution in [-0.4, -0.2) is 52.5 Å². The third-order valence-corrected chi connectivity index (χ3v) is 7.67. The minimum absolute atomic E-state index is 0.167. The van der Waals surface area contributed by atoms with Crippen molar-refractivity contribution >= 4 is 47.0 Å². The first kappa shape index (κ1) is 31.4. The van der Waals surface area contributed by atoms with E-state index in [1.807, 2.05) is 25.3 Å². The number of thioether (sulfide) groups is 1. The Morgan fingerprint density at radius 2 is 1.85 bits per heavy atom. The zero-order valence-electron chi connectivity index (χ0n) is 23.8. The molecule has 2 aromatic rings. The summed E-state index contributed by atoms with van der Waals surface area (Å²) in [6, 6.07) is 10.4. The molecule has 3 rings (SSSR count). The van der Waals surface area contributed by atoms with Crippen LogP contribution in [0.4, 0.5) is 10.5 Å². The average molecular weight is 584 g/mol. The van der Waals surface area contributed by atoms with Crippen LogP contribution in [-0.2, 0) is 14.3 Å². The smallest absolute Gasteiger partial charge is 0.408 e. The molecule has 1 saturated carbocycles. The number of para-hydroxylation sites is 1. The zero-order chi connectivity index (χ0) is 29.4. The largest absolute Gasteiger partial charge is 0.444 e. The fourth-order valence-electron chi connectivity index (χ4n) is 4.49. The number of alkyl carbamates (subject to hydrolysis) is 1. The Kier molecular flexibility index (Phi) is 11.0. The van der Waals surface area contributed by atoms with Crippen molar-refractivity contribution in [1.29, 1.82) is 0 Å². The number of anilines is 1. The maximum absolute atomic E-state index is 14.3. The first-order valence-corrected chi connectivity index (χ1v) is 15.2. The summed E-state index contributed by atoms with van der Waals surface area (Å²) in [7, 11) is 0. The van der Waals surface area contributed by atoms with E-state index in [1.165, 1.54) is 0 Å². The molecule has 7 nitrogen and oxygen atoms in total. The van der Waals surface area contributed by atoms with Gasteiger partial charge in [0, 0.05) is 11.6 Å². The second-order valence-corrected chi connectivity index (χ2v) is 12.3. The van der Waals surface area contributed by atoms with E-state index in [0.29, 0.717) is 34.0 Å². The minimum atomic E-state index is -0.975. The van der Waals surface area contributed by atoms with Crippen LogP contribution >= 0.6 is 23.4 Å². The number of ether oxygens (including phenoxy) is 1. The van der Waals surface area contributed by atoms with Crippen LogP contribution in [0.25, 0.3) is 0 Å². The third kappa shape index (κ3) is 8.18. The van der Waals surface area contributed by atoms with E-state index in [1.54, 1.807) is 67.8 Å². The van der Waals surface area contributed by atoms with Crippen LogP contribution in [0.5, 0.6) is 0 Å². The van der Waals surface area contributed by atoms with Gasteiger partial charge in [-0.25, -0.2) is 4.79 Å². The number of hydrogen-bond donors (Lipinski definition) is 2. The molecule has 9 heteroatoms. The molecule has 214 valence electrons. The van der Waals surface area contributed by atoms with Gasteiger partial charge in [-0.15, -0.1) is 6.42 Å². The molecule has 1 fully saturated rings. The van der Waals surface area contributed by atoms with Crippen molar-refractivity contribution in [3.8, 4) is 12.3 Å². The quantitative estimate of drug-likeness (QED) is 0.319. The second-order valence-electron chi connectivity index (χ2n) is 10.9. The molecular weight excluding hydrogens is 546 g/mol. The Morgan fingerprint density at radius 3 is 2.38 bits per heavy atom. The highest BCUT2D eigenvalue weighted by atomic mass is 35.5. The number of aryl methyl sites for hydroxylation is 1. The summed E-state index contributed by atoms with van der Waals surface area (Å²) >= 11 is 8.02. The molecule has 2 unspecified atom stereocenters. The first-order chi connectivity index (χ1) is 18.9. The molecule has 40 heavy (non-hydrogen) atoms. The number of amides is 3. The lowest BCUT2D eigenvalue weighted by Gasteiger charge is -2.43. The summed E-state index contributed by atoms with van der Waals surface area (Å²) in [5.41, 5.74) is 1.84. The van der Waals surface area contributed by atoms with E-state index in [9.17, 15) is 14.4 Å². The molecule has 3 amide bonds. The molecule has 2 N–H and O–H groups in total. The number of hydrogen-bond acceptors (Lipinski definition) is 5. The fraction of sp³-hybridized carbons (Fsp3) is 0.452. The number of rotatable bonds is 10. The van der Waals surface area contributed by atoms with Gasteiger partial charge < -0.3 is 20.3 Å². The summed E-state index contributed by atoms with van der Waals surface area (Å²) in [5.74, 6) is 2.50. The summed E-state index contributed by atoms with van der Waals surface area (Å²) in [6.45, 7) is 7.16. The molecular formula is C31H38ClN3O4S. The predicted molar refractivity (Wildman–Crippen MR) is 163 cm³/mol. The molecule has 0 heterocycles. The molecule has 0 aromatic heterocycles. The first-order valence-electron chi connectivity index (χ1n) is 13.4. The molecule has 0 saturated heterocycles. The Morgan fingerprint density at radius 1 is 1.18 bits per heavy atom. The van der Waals surface area contributed by atoms with Crippen molar-refractivity contribution in [2.24, 2.45) is 0 Å². The molecule has 2 atom stereocenters. The number of terminal acetylenes is 1. The van der Waals surface area contributed by atoms with Gasteiger partial charge in [0.2, 0.25) is 5.91 Å². The van der Waals surface area contributed by atoms with E-state index in [2.05, 4.69) is 16.6 Å². The van der Waals surface area contributed by atoms with Gasteiger partial charge in [0.25, 0.3) is 5.91 Å². The van der Waals surface area contributed by atoms with Crippen LogP contribution in [0.1, 0.15) is 69.2 Å². The number of nitrogens with zero attached hydrogens (tertiary/aromatic N) is 1. The second kappa shape index (κ2) is 14.0. The van der Waals surface area contributed by atoms with Crippen molar-refractivity contribution in [2.75, 3.05) is 17.3 Å². The van der Waals surface area contributed by atoms with Gasteiger partial charge in [0.1, 0.15) is 17.7 Å². The van der Waals surface area contributed by atoms with Crippen molar-refractivity contribution < 1.29 is 19.1 Å². The molecule has 0 radical (unpaired) electrons. The van der Waals surface area contributed by atoms with Crippen LogP contribution < -0.4 is 10.6 Å². The van der Waals surface area contributed by atoms with Crippen molar-refractivity contribution in [3.63, 3.8) is 0 Å². The molecule has 0 aliphatic heterocycles. The number of halogens is 1. The summed E-state index contributed by atoms with van der Waals surface area (Å²) in [4.78, 5) is 42.8. The summed E-state index contributed by atoms with van der Waals surface area (Å²) in [6.07, 6.45) is 9.67. The SMILES string of the molecule is C#Cc1ccc(C(C(=O)Nc2c(C)cccc2Cl)N(C(=O)C(CCSC)NC(=O)OC(C)(C)C)C2CCC2)cc1. The van der Waals surface area contributed by atoms with E-state index in [-0.39, 0.29) is 11.9 Å². The number of carbonyl (C=O) groups excluding carboxylic acids is 3. The van der Waals surface area contributed by atoms with Crippen LogP contribution in [0, 0.1) is 19.3 Å². The van der Waals surface area contributed by atoms with Gasteiger partial charge in [-0.2, -0.15) is 11.8 Å². The Labute approximate surface area is 246 Å². The monoisotopic (exact) mass is 583 g/mol. The highest BCUT2D eigenvalue weighted by molar-refractivity contribution is 7.98. The lowest BCUT2D eigenvalue weighted by molar-refractivity contribution is -0.145. The third-order valence-electron chi connectivity index (χ3n) is 6.71. The van der Waals surface area contributed by atoms with Crippen LogP contribution in [0.2, 0.25) is 5.02 Å². The van der Waals surface area contributed by atoms with Crippen LogP contribution in [0.15, 0.2) is 42.5 Å². The topological polar surface area (TPSA) is 87.7 Å². The van der Waals surface area contributed by atoms with Gasteiger partial charge in [0.15, 0.2) is 0 Å². The van der Waals surface area contributed by atoms with Gasteiger partial charge in [0.05, 0.1) is 10.7 Å². The predicted octanol–water partition coefficient (Wildman–Crippen LogP) is 6.34. The maximum atomic E-state index is 14.3. The zero-order valence-corrected chi connectivity index (χ0v) is 25.3. The van der Waals surface area contributed by atoms with Crippen molar-refractivity contribution in [3.05, 3.63) is 64.2 Å². The molecule has 0 bridgehead atoms. The van der Waals surface area contributed by atoms with Crippen molar-refractivity contribution in [1.82, 2.24) is 10.2 Å². The Bertz CT molecular complexity index is 1230. The minimum Gasteiger partial charge on any atom is -0.444 e. The number of benzene rings is 2. The normalized spacial score (nSPS) is 14.7. The molecule has 2 aromatic carbocycles. The van der Waals surface area contributed by atoms with Gasteiger partial charge in [-0.1, -0.05) is 41.8 Å². The summed E-state index contributed by atoms with van der Waals surface area (Å²) in [5, 5.41) is 6.16. The maximum Gasteiger partial charge on any atom is 0.408 e. The highest BCUT2D eigenvalue weighted by Gasteiger charge is 2.42. The average Bonchev–Trinajstić information content (AvgIpc) is 2.86. The standard InChI is InChI=1S/C31H38ClN3O4S/c1-7-21-14-16-22(17-15-21)27(28(36)34-26-20(2)10-8-13-24(26)32)35(23-11-9-12-23)29(37)25(18-19-40-6)33-30(38)39-31(3,4)5/h1,8,10,13-17,23,25,27H,9,11-12,18-19H2,2-6H3,(H,33,38)(H,34,36). The van der Waals surface area contributed by atoms with E-state index in [0.717, 1.165) is 24.8 Å². The summed E-state index contributed by atoms with van der Waals surface area (Å²) < 4.78 is 5.46. The van der Waals surface area contributed by atoms with Gasteiger partial charge >= 0.3 is 6.09 Å². The number of nitrogens with one attached hydrogen (secondary N) is 2. The van der Waals surface area contributed by atoms with Gasteiger partial charge in [-0.3, -0.25) is 9.59 Å². The van der Waals surface area contributed by atoms with Crippen molar-refractivity contribution in [2.45, 2.75) is 77.1 Å².